The van der Waals surface area contributed by atoms with Crippen LogP contribution >= 0.6 is 11.3 Å². The first-order valence-electron chi connectivity index (χ1n) is 7.32. The third-order valence-corrected chi connectivity index (χ3v) is 5.24. The van der Waals surface area contributed by atoms with Crippen LogP contribution < -0.4 is 5.32 Å². The van der Waals surface area contributed by atoms with Crippen molar-refractivity contribution in [2.24, 2.45) is 0 Å². The third-order valence-electron chi connectivity index (χ3n) is 4.31. The van der Waals surface area contributed by atoms with Crippen LogP contribution in [0, 0.1) is 0 Å². The van der Waals surface area contributed by atoms with Crippen molar-refractivity contribution < 1.29 is 4.74 Å². The first kappa shape index (κ1) is 15.0. The number of likely N-dealkylation sites (N-methyl/N-ethyl adjacent to an activating group) is 1. The van der Waals surface area contributed by atoms with Gasteiger partial charge in [0.25, 0.3) is 0 Å². The van der Waals surface area contributed by atoms with Crippen molar-refractivity contribution in [3.8, 4) is 0 Å². The molecule has 0 amide bonds. The topological polar surface area (TPSA) is 24.5 Å². The summed E-state index contributed by atoms with van der Waals surface area (Å²) in [5, 5.41) is 5.88. The van der Waals surface area contributed by atoms with Crippen LogP contribution in [0.25, 0.3) is 0 Å². The molecule has 1 aromatic rings. The lowest BCUT2D eigenvalue weighted by Crippen LogP contribution is -2.57. The first-order valence-corrected chi connectivity index (χ1v) is 8.20. The molecule has 1 saturated heterocycles. The van der Waals surface area contributed by atoms with Crippen LogP contribution in [0.5, 0.6) is 0 Å². The van der Waals surface area contributed by atoms with Gasteiger partial charge in [0, 0.05) is 23.5 Å². The van der Waals surface area contributed by atoms with Crippen molar-refractivity contribution in [1.29, 1.82) is 0 Å². The van der Waals surface area contributed by atoms with Crippen LogP contribution in [0.15, 0.2) is 17.5 Å². The van der Waals surface area contributed by atoms with Crippen LogP contribution in [0.1, 0.15) is 38.1 Å². The molecule has 1 aromatic heterocycles. The molecule has 2 unspecified atom stereocenters. The van der Waals surface area contributed by atoms with E-state index >= 15 is 0 Å². The minimum Gasteiger partial charge on any atom is -0.379 e. The van der Waals surface area contributed by atoms with Gasteiger partial charge in [-0.2, -0.15) is 0 Å². The van der Waals surface area contributed by atoms with E-state index in [1.807, 2.05) is 11.3 Å². The Balaban J connectivity index is 2.24. The molecular weight excluding hydrogens is 256 g/mol. The van der Waals surface area contributed by atoms with E-state index < -0.39 is 0 Å². The van der Waals surface area contributed by atoms with Crippen LogP contribution in [-0.4, -0.2) is 43.3 Å². The minimum absolute atomic E-state index is 0.157. The van der Waals surface area contributed by atoms with Crippen LogP contribution in [0.2, 0.25) is 0 Å². The third kappa shape index (κ3) is 3.19. The van der Waals surface area contributed by atoms with E-state index in [9.17, 15) is 0 Å². The maximum Gasteiger partial charge on any atom is 0.0599 e. The van der Waals surface area contributed by atoms with Crippen molar-refractivity contribution in [2.45, 2.75) is 38.8 Å². The molecule has 3 nitrogen and oxygen atoms in total. The average Bonchev–Trinajstić information content (AvgIpc) is 2.98. The Hall–Kier alpha value is -0.420. The number of nitrogens with one attached hydrogen (secondary N) is 1. The summed E-state index contributed by atoms with van der Waals surface area (Å²) in [6, 6.07) is 4.81. The predicted molar refractivity (Wildman–Crippen MR) is 81.8 cm³/mol. The Morgan fingerprint density at radius 3 is 2.68 bits per heavy atom. The molecule has 1 N–H and O–H groups in total. The number of hydrogen-bond donors (Lipinski definition) is 1. The molecule has 0 spiro atoms. The van der Waals surface area contributed by atoms with Gasteiger partial charge in [0.2, 0.25) is 0 Å². The fourth-order valence-electron chi connectivity index (χ4n) is 2.97. The zero-order chi connectivity index (χ0) is 13.7. The molecule has 1 aliphatic rings. The largest absolute Gasteiger partial charge is 0.379 e. The highest BCUT2D eigenvalue weighted by atomic mass is 32.1. The number of nitrogens with zero attached hydrogens (tertiary/aromatic N) is 1. The number of hydrogen-bond acceptors (Lipinski definition) is 4. The van der Waals surface area contributed by atoms with E-state index in [4.69, 9.17) is 4.74 Å². The summed E-state index contributed by atoms with van der Waals surface area (Å²) in [5.74, 6) is 0. The average molecular weight is 282 g/mol. The van der Waals surface area contributed by atoms with Crippen molar-refractivity contribution in [2.75, 3.05) is 32.8 Å². The molecule has 1 fully saturated rings. The van der Waals surface area contributed by atoms with E-state index in [1.54, 1.807) is 0 Å². The van der Waals surface area contributed by atoms with Gasteiger partial charge in [-0.15, -0.1) is 11.3 Å². The van der Waals surface area contributed by atoms with E-state index in [0.717, 1.165) is 39.3 Å². The van der Waals surface area contributed by atoms with Crippen LogP contribution in [0.3, 0.4) is 0 Å². The maximum absolute atomic E-state index is 5.51. The number of morpholine rings is 1. The lowest BCUT2D eigenvalue weighted by Gasteiger charge is -2.47. The van der Waals surface area contributed by atoms with Crippen LogP contribution in [-0.2, 0) is 4.74 Å². The monoisotopic (exact) mass is 282 g/mol. The van der Waals surface area contributed by atoms with Gasteiger partial charge in [0.05, 0.1) is 19.3 Å². The Bertz CT molecular complexity index is 362. The standard InChI is InChI=1S/C15H26N2OS/c1-4-15(3,17-8-10-18-11-9-17)14(16-5-2)13-7-6-12-19-13/h6-7,12,14,16H,4-5,8-11H2,1-3H3. The molecule has 4 heteroatoms. The fourth-order valence-corrected chi connectivity index (χ4v) is 3.92. The van der Waals surface area contributed by atoms with Gasteiger partial charge >= 0.3 is 0 Å². The molecule has 0 saturated carbocycles. The number of thiophene rings is 1. The number of ether oxygens (including phenoxy) is 1. The molecule has 19 heavy (non-hydrogen) atoms. The molecule has 0 aromatic carbocycles. The maximum atomic E-state index is 5.51. The lowest BCUT2D eigenvalue weighted by atomic mass is 9.85. The Morgan fingerprint density at radius 1 is 1.42 bits per heavy atom. The van der Waals surface area contributed by atoms with E-state index in [1.165, 1.54) is 4.88 Å². The summed E-state index contributed by atoms with van der Waals surface area (Å²) in [6.45, 7) is 11.7. The molecular formula is C15H26N2OS. The van der Waals surface area contributed by atoms with Gasteiger partial charge in [0.1, 0.15) is 0 Å². The molecule has 0 aliphatic carbocycles. The molecule has 1 aliphatic heterocycles. The molecule has 2 heterocycles. The second-order valence-electron chi connectivity index (χ2n) is 5.32. The number of rotatable bonds is 6. The summed E-state index contributed by atoms with van der Waals surface area (Å²) in [4.78, 5) is 4.04. The second kappa shape index (κ2) is 6.84. The van der Waals surface area contributed by atoms with Gasteiger partial charge in [0.15, 0.2) is 0 Å². The Kier molecular flexibility index (Phi) is 5.39. The Morgan fingerprint density at radius 2 is 2.16 bits per heavy atom. The Labute approximate surface area is 121 Å². The summed E-state index contributed by atoms with van der Waals surface area (Å²) >= 11 is 1.86. The summed E-state index contributed by atoms with van der Waals surface area (Å²) < 4.78 is 5.51. The van der Waals surface area contributed by atoms with Crippen molar-refractivity contribution in [3.05, 3.63) is 22.4 Å². The molecule has 0 bridgehead atoms. The quantitative estimate of drug-likeness (QED) is 0.868. The first-order chi connectivity index (χ1) is 9.22. The summed E-state index contributed by atoms with van der Waals surface area (Å²) in [6.07, 6.45) is 1.14. The highest BCUT2D eigenvalue weighted by Crippen LogP contribution is 2.36. The minimum atomic E-state index is 0.157. The van der Waals surface area contributed by atoms with E-state index in [0.29, 0.717) is 6.04 Å². The van der Waals surface area contributed by atoms with Gasteiger partial charge in [-0.25, -0.2) is 0 Å². The normalized spacial score (nSPS) is 22.1. The molecule has 2 rings (SSSR count). The summed E-state index contributed by atoms with van der Waals surface area (Å²) in [5.41, 5.74) is 0.157. The summed E-state index contributed by atoms with van der Waals surface area (Å²) in [7, 11) is 0. The molecule has 0 radical (unpaired) electrons. The predicted octanol–water partition coefficient (Wildman–Crippen LogP) is 2.90. The van der Waals surface area contributed by atoms with E-state index in [-0.39, 0.29) is 5.54 Å². The lowest BCUT2D eigenvalue weighted by molar-refractivity contribution is -0.0322. The zero-order valence-electron chi connectivity index (χ0n) is 12.3. The molecule has 108 valence electrons. The van der Waals surface area contributed by atoms with Gasteiger partial charge in [-0.3, -0.25) is 4.90 Å². The SMILES string of the molecule is CCNC(c1cccs1)C(C)(CC)N1CCOCC1. The van der Waals surface area contributed by atoms with E-state index in [2.05, 4.69) is 48.5 Å². The molecule has 2 atom stereocenters. The second-order valence-corrected chi connectivity index (χ2v) is 6.30. The zero-order valence-corrected chi connectivity index (χ0v) is 13.1. The highest BCUT2D eigenvalue weighted by molar-refractivity contribution is 7.10. The van der Waals surface area contributed by atoms with Gasteiger partial charge in [-0.1, -0.05) is 19.9 Å². The highest BCUT2D eigenvalue weighted by Gasteiger charge is 2.39. The fraction of sp³-hybridized carbons (Fsp3) is 0.733. The van der Waals surface area contributed by atoms with Gasteiger partial charge in [-0.05, 0) is 31.3 Å². The van der Waals surface area contributed by atoms with Crippen molar-refractivity contribution in [1.82, 2.24) is 10.2 Å². The van der Waals surface area contributed by atoms with Crippen LogP contribution in [0.4, 0.5) is 0 Å². The van der Waals surface area contributed by atoms with Gasteiger partial charge < -0.3 is 10.1 Å². The van der Waals surface area contributed by atoms with Crippen molar-refractivity contribution >= 4 is 11.3 Å². The van der Waals surface area contributed by atoms with Crippen molar-refractivity contribution in [3.63, 3.8) is 0 Å². The smallest absolute Gasteiger partial charge is 0.0599 e.